The zero-order valence-corrected chi connectivity index (χ0v) is 11.5. The van der Waals surface area contributed by atoms with Gasteiger partial charge in [-0.15, -0.1) is 0 Å². The summed E-state index contributed by atoms with van der Waals surface area (Å²) in [6.07, 6.45) is 1.10. The number of carbonyl (C=O) groups is 1. The minimum absolute atomic E-state index is 0.0729. The van der Waals surface area contributed by atoms with Crippen LogP contribution in [-0.2, 0) is 10.0 Å². The summed E-state index contributed by atoms with van der Waals surface area (Å²) in [4.78, 5) is 11.6. The van der Waals surface area contributed by atoms with Crippen LogP contribution in [0.15, 0.2) is 29.2 Å². The summed E-state index contributed by atoms with van der Waals surface area (Å²) >= 11 is 0. The van der Waals surface area contributed by atoms with Crippen molar-refractivity contribution in [2.45, 2.75) is 31.1 Å². The summed E-state index contributed by atoms with van der Waals surface area (Å²) in [5.41, 5.74) is 0.391. The highest BCUT2D eigenvalue weighted by Crippen LogP contribution is 2.13. The third-order valence-corrected chi connectivity index (χ3v) is 4.00. The predicted molar refractivity (Wildman–Crippen MR) is 71.1 cm³/mol. The number of carbonyl (C=O) groups excluding carboxylic acids is 1. The summed E-state index contributed by atoms with van der Waals surface area (Å²) in [5, 5.41) is 8.37. The third-order valence-electron chi connectivity index (χ3n) is 2.54. The van der Waals surface area contributed by atoms with Gasteiger partial charge in [0.1, 0.15) is 0 Å². The zero-order valence-electron chi connectivity index (χ0n) is 10.7. The first kappa shape index (κ1) is 15.3. The molecule has 0 aliphatic carbocycles. The second-order valence-corrected chi connectivity index (χ2v) is 5.73. The lowest BCUT2D eigenvalue weighted by Gasteiger charge is -2.07. The van der Waals surface area contributed by atoms with Crippen molar-refractivity contribution < 1.29 is 13.2 Å². The number of Topliss-reactive ketones (excluding diaryl/α,β-unsaturated/α-hetero) is 1. The van der Waals surface area contributed by atoms with Gasteiger partial charge in [0.2, 0.25) is 10.0 Å². The molecule has 1 aromatic rings. The van der Waals surface area contributed by atoms with Gasteiger partial charge in [-0.2, -0.15) is 5.26 Å². The Morgan fingerprint density at radius 3 is 2.79 bits per heavy atom. The van der Waals surface area contributed by atoms with E-state index in [-0.39, 0.29) is 17.2 Å². The lowest BCUT2D eigenvalue weighted by molar-refractivity contribution is 0.0988. The van der Waals surface area contributed by atoms with Gasteiger partial charge in [-0.3, -0.25) is 4.79 Å². The number of unbranched alkanes of at least 4 members (excludes halogenated alkanes) is 1. The van der Waals surface area contributed by atoms with Crippen LogP contribution in [0.4, 0.5) is 0 Å². The van der Waals surface area contributed by atoms with Crippen LogP contribution in [0, 0.1) is 11.3 Å². The van der Waals surface area contributed by atoms with E-state index in [0.29, 0.717) is 24.8 Å². The first-order valence-electron chi connectivity index (χ1n) is 6.01. The fraction of sp³-hybridized carbons (Fsp3) is 0.385. The Morgan fingerprint density at radius 1 is 1.42 bits per heavy atom. The van der Waals surface area contributed by atoms with E-state index in [0.717, 1.165) is 0 Å². The minimum Gasteiger partial charge on any atom is -0.294 e. The molecule has 1 aromatic carbocycles. The van der Waals surface area contributed by atoms with Crippen LogP contribution in [0.2, 0.25) is 0 Å². The van der Waals surface area contributed by atoms with E-state index in [9.17, 15) is 13.2 Å². The van der Waals surface area contributed by atoms with Crippen molar-refractivity contribution in [3.8, 4) is 6.07 Å². The van der Waals surface area contributed by atoms with Crippen LogP contribution in [-0.4, -0.2) is 20.7 Å². The van der Waals surface area contributed by atoms with Gasteiger partial charge in [0.25, 0.3) is 0 Å². The molecule has 0 aliphatic heterocycles. The molecule has 0 unspecified atom stereocenters. The maximum Gasteiger partial charge on any atom is 0.240 e. The standard InChI is InChI=1S/C13H16N2O3S/c1-2-13(16)11-6-5-7-12(10-11)19(17,18)15-9-4-3-8-14/h5-7,10,15H,2-4,9H2,1H3. The maximum absolute atomic E-state index is 12.0. The van der Waals surface area contributed by atoms with Gasteiger partial charge in [-0.1, -0.05) is 19.1 Å². The van der Waals surface area contributed by atoms with Crippen LogP contribution >= 0.6 is 0 Å². The van der Waals surface area contributed by atoms with Crippen molar-refractivity contribution in [1.82, 2.24) is 4.72 Å². The molecule has 0 bridgehead atoms. The van der Waals surface area contributed by atoms with E-state index >= 15 is 0 Å². The van der Waals surface area contributed by atoms with E-state index in [4.69, 9.17) is 5.26 Å². The number of nitrogens with zero attached hydrogens (tertiary/aromatic N) is 1. The molecule has 1 rings (SSSR count). The second kappa shape index (κ2) is 7.02. The zero-order chi connectivity index (χ0) is 14.3. The molecule has 6 heteroatoms. The Bertz CT molecular complexity index is 588. The molecule has 19 heavy (non-hydrogen) atoms. The molecule has 0 atom stereocenters. The molecule has 1 N–H and O–H groups in total. The monoisotopic (exact) mass is 280 g/mol. The van der Waals surface area contributed by atoms with Gasteiger partial charge in [0.05, 0.1) is 11.0 Å². The van der Waals surface area contributed by atoms with Crippen LogP contribution in [0.1, 0.15) is 36.5 Å². The number of rotatable bonds is 7. The molecular weight excluding hydrogens is 264 g/mol. The largest absolute Gasteiger partial charge is 0.294 e. The van der Waals surface area contributed by atoms with Gasteiger partial charge in [0, 0.05) is 24.9 Å². The fourth-order valence-electron chi connectivity index (χ4n) is 1.50. The second-order valence-electron chi connectivity index (χ2n) is 3.96. The Kier molecular flexibility index (Phi) is 5.67. The third kappa shape index (κ3) is 4.47. The van der Waals surface area contributed by atoms with Crippen LogP contribution in [0.3, 0.4) is 0 Å². The molecular formula is C13H16N2O3S. The Hall–Kier alpha value is -1.71. The molecule has 0 aliphatic rings. The first-order chi connectivity index (χ1) is 9.01. The maximum atomic E-state index is 12.0. The molecule has 0 aromatic heterocycles. The molecule has 0 saturated carbocycles. The molecule has 0 amide bonds. The molecule has 0 fully saturated rings. The lowest BCUT2D eigenvalue weighted by Crippen LogP contribution is -2.25. The van der Waals surface area contributed by atoms with Crippen molar-refractivity contribution in [3.63, 3.8) is 0 Å². The van der Waals surface area contributed by atoms with Gasteiger partial charge >= 0.3 is 0 Å². The minimum atomic E-state index is -3.62. The van der Waals surface area contributed by atoms with Crippen LogP contribution in [0.5, 0.6) is 0 Å². The summed E-state index contributed by atoms with van der Waals surface area (Å²) < 4.78 is 26.3. The number of hydrogen-bond acceptors (Lipinski definition) is 4. The van der Waals surface area contributed by atoms with Gasteiger partial charge in [-0.05, 0) is 18.6 Å². The summed E-state index contributed by atoms with van der Waals surface area (Å²) in [5.74, 6) is -0.0958. The van der Waals surface area contributed by atoms with Gasteiger partial charge < -0.3 is 0 Å². The van der Waals surface area contributed by atoms with Crippen LogP contribution < -0.4 is 4.72 Å². The first-order valence-corrected chi connectivity index (χ1v) is 7.49. The summed E-state index contributed by atoms with van der Waals surface area (Å²) in [6.45, 7) is 1.94. The van der Waals surface area contributed by atoms with E-state index in [2.05, 4.69) is 4.72 Å². The number of nitrogens with one attached hydrogen (secondary N) is 1. The average Bonchev–Trinajstić information content (AvgIpc) is 2.43. The highest BCUT2D eigenvalue weighted by molar-refractivity contribution is 7.89. The van der Waals surface area contributed by atoms with Gasteiger partial charge in [0.15, 0.2) is 5.78 Å². The molecule has 0 radical (unpaired) electrons. The van der Waals surface area contributed by atoms with E-state index < -0.39 is 10.0 Å². The Labute approximate surface area is 113 Å². The molecule has 102 valence electrons. The molecule has 0 heterocycles. The fourth-order valence-corrected chi connectivity index (χ4v) is 2.62. The van der Waals surface area contributed by atoms with Gasteiger partial charge in [-0.25, -0.2) is 13.1 Å². The average molecular weight is 280 g/mol. The highest BCUT2D eigenvalue weighted by atomic mass is 32.2. The van der Waals surface area contributed by atoms with E-state index in [1.807, 2.05) is 6.07 Å². The van der Waals surface area contributed by atoms with Crippen molar-refractivity contribution in [2.75, 3.05) is 6.54 Å². The molecule has 0 saturated heterocycles. The lowest BCUT2D eigenvalue weighted by atomic mass is 10.1. The number of ketones is 1. The summed E-state index contributed by atoms with van der Waals surface area (Å²) in [7, 11) is -3.62. The van der Waals surface area contributed by atoms with Crippen LogP contribution in [0.25, 0.3) is 0 Å². The Balaban J connectivity index is 2.84. The van der Waals surface area contributed by atoms with E-state index in [1.165, 1.54) is 12.1 Å². The predicted octanol–water partition coefficient (Wildman–Crippen LogP) is 1.86. The van der Waals surface area contributed by atoms with E-state index in [1.54, 1.807) is 19.1 Å². The van der Waals surface area contributed by atoms with Crippen molar-refractivity contribution in [2.24, 2.45) is 0 Å². The highest BCUT2D eigenvalue weighted by Gasteiger charge is 2.15. The van der Waals surface area contributed by atoms with Crippen molar-refractivity contribution in [3.05, 3.63) is 29.8 Å². The smallest absolute Gasteiger partial charge is 0.240 e. The van der Waals surface area contributed by atoms with Crippen molar-refractivity contribution in [1.29, 1.82) is 5.26 Å². The molecule has 0 spiro atoms. The number of benzene rings is 1. The SMILES string of the molecule is CCC(=O)c1cccc(S(=O)(=O)NCCCC#N)c1. The summed E-state index contributed by atoms with van der Waals surface area (Å²) in [6, 6.07) is 7.91. The number of hydrogen-bond donors (Lipinski definition) is 1. The number of nitriles is 1. The normalized spacial score (nSPS) is 10.9. The molecule has 5 nitrogen and oxygen atoms in total. The van der Waals surface area contributed by atoms with Crippen molar-refractivity contribution >= 4 is 15.8 Å². The Morgan fingerprint density at radius 2 is 2.16 bits per heavy atom. The quantitative estimate of drug-likeness (QED) is 0.610. The topological polar surface area (TPSA) is 87.0 Å². The number of sulfonamides is 1.